The number of ether oxygens (including phenoxy) is 1. The molecule has 0 aliphatic rings. The lowest BCUT2D eigenvalue weighted by Crippen LogP contribution is -1.95. The van der Waals surface area contributed by atoms with E-state index in [4.69, 9.17) is 38.2 Å². The number of anilines is 1. The zero-order valence-electron chi connectivity index (χ0n) is 10.3. The van der Waals surface area contributed by atoms with E-state index < -0.39 is 0 Å². The van der Waals surface area contributed by atoms with Gasteiger partial charge in [0.1, 0.15) is 12.4 Å². The van der Waals surface area contributed by atoms with E-state index in [1.54, 1.807) is 18.2 Å². The molecular formula is C14H10Cl2N2O2. The van der Waals surface area contributed by atoms with Gasteiger partial charge in [0.05, 0.1) is 15.4 Å². The first-order valence-electron chi connectivity index (χ1n) is 5.85. The summed E-state index contributed by atoms with van der Waals surface area (Å²) < 4.78 is 10.8. The third-order valence-corrected chi connectivity index (χ3v) is 3.60. The highest BCUT2D eigenvalue weighted by Gasteiger charge is 2.06. The van der Waals surface area contributed by atoms with Crippen molar-refractivity contribution in [3.63, 3.8) is 0 Å². The number of nitrogens with two attached hydrogens (primary N) is 1. The fourth-order valence-corrected chi connectivity index (χ4v) is 2.11. The minimum absolute atomic E-state index is 0.383. The van der Waals surface area contributed by atoms with E-state index in [2.05, 4.69) is 5.16 Å². The van der Waals surface area contributed by atoms with Gasteiger partial charge >= 0.3 is 0 Å². The quantitative estimate of drug-likeness (QED) is 0.783. The van der Waals surface area contributed by atoms with Crippen LogP contribution in [0.2, 0.25) is 10.0 Å². The van der Waals surface area contributed by atoms with Crippen molar-refractivity contribution in [1.29, 1.82) is 0 Å². The summed E-state index contributed by atoms with van der Waals surface area (Å²) in [4.78, 5) is 0. The van der Waals surface area contributed by atoms with Crippen LogP contribution in [0.3, 0.4) is 0 Å². The van der Waals surface area contributed by atoms with Crippen LogP contribution in [0.4, 0.5) is 5.82 Å². The summed E-state index contributed by atoms with van der Waals surface area (Å²) in [6.07, 6.45) is 0. The van der Waals surface area contributed by atoms with Crippen LogP contribution in [0.1, 0.15) is 5.56 Å². The topological polar surface area (TPSA) is 61.3 Å². The number of hydrogen-bond acceptors (Lipinski definition) is 4. The highest BCUT2D eigenvalue weighted by molar-refractivity contribution is 6.42. The molecule has 2 aromatic carbocycles. The predicted octanol–water partition coefficient (Wildman–Crippen LogP) is 4.30. The van der Waals surface area contributed by atoms with Gasteiger partial charge in [0.2, 0.25) is 0 Å². The molecule has 1 heterocycles. The van der Waals surface area contributed by atoms with E-state index in [0.717, 1.165) is 10.9 Å². The van der Waals surface area contributed by atoms with Gasteiger partial charge in [0.25, 0.3) is 0 Å². The predicted molar refractivity (Wildman–Crippen MR) is 79.2 cm³/mol. The van der Waals surface area contributed by atoms with Crippen molar-refractivity contribution < 1.29 is 9.26 Å². The normalized spacial score (nSPS) is 10.9. The molecule has 0 saturated carbocycles. The molecular weight excluding hydrogens is 299 g/mol. The van der Waals surface area contributed by atoms with Crippen molar-refractivity contribution in [2.45, 2.75) is 6.61 Å². The Hall–Kier alpha value is -1.91. The molecule has 0 saturated heterocycles. The summed E-state index contributed by atoms with van der Waals surface area (Å²) in [5, 5.41) is 5.46. The molecule has 6 heteroatoms. The zero-order valence-corrected chi connectivity index (χ0v) is 11.8. The molecule has 0 spiro atoms. The lowest BCUT2D eigenvalue weighted by molar-refractivity contribution is 0.306. The third kappa shape index (κ3) is 2.53. The number of halogens is 2. The Balaban J connectivity index is 1.77. The van der Waals surface area contributed by atoms with E-state index in [1.807, 2.05) is 18.2 Å². The first kappa shape index (κ1) is 13.1. The van der Waals surface area contributed by atoms with Crippen LogP contribution in [0, 0.1) is 0 Å². The van der Waals surface area contributed by atoms with Gasteiger partial charge in [-0.05, 0) is 29.8 Å². The summed E-state index contributed by atoms with van der Waals surface area (Å²) in [7, 11) is 0. The molecule has 0 amide bonds. The smallest absolute Gasteiger partial charge is 0.174 e. The third-order valence-electron chi connectivity index (χ3n) is 2.86. The second kappa shape index (κ2) is 5.23. The fraction of sp³-hybridized carbons (Fsp3) is 0.0714. The zero-order chi connectivity index (χ0) is 14.1. The van der Waals surface area contributed by atoms with Crippen LogP contribution in [-0.2, 0) is 6.61 Å². The van der Waals surface area contributed by atoms with Gasteiger partial charge in [0, 0.05) is 6.07 Å². The molecule has 20 heavy (non-hydrogen) atoms. The van der Waals surface area contributed by atoms with Crippen LogP contribution in [-0.4, -0.2) is 5.16 Å². The maximum atomic E-state index is 5.93. The molecule has 0 aliphatic carbocycles. The minimum Gasteiger partial charge on any atom is -0.489 e. The van der Waals surface area contributed by atoms with Gasteiger partial charge in [0.15, 0.2) is 11.4 Å². The van der Waals surface area contributed by atoms with E-state index in [-0.39, 0.29) is 0 Å². The van der Waals surface area contributed by atoms with E-state index in [0.29, 0.717) is 33.8 Å². The fourth-order valence-electron chi connectivity index (χ4n) is 1.82. The van der Waals surface area contributed by atoms with Crippen LogP contribution in [0.25, 0.3) is 11.0 Å². The molecule has 3 rings (SSSR count). The summed E-state index contributed by atoms with van der Waals surface area (Å²) in [6.45, 7) is 0.383. The molecule has 1 aromatic heterocycles. The van der Waals surface area contributed by atoms with Crippen molar-refractivity contribution in [2.75, 3.05) is 5.73 Å². The van der Waals surface area contributed by atoms with Crippen molar-refractivity contribution in [2.24, 2.45) is 0 Å². The Morgan fingerprint density at radius 2 is 1.95 bits per heavy atom. The number of benzene rings is 2. The molecule has 3 aromatic rings. The van der Waals surface area contributed by atoms with E-state index in [9.17, 15) is 0 Å². The average molecular weight is 309 g/mol. The van der Waals surface area contributed by atoms with Crippen molar-refractivity contribution in [3.8, 4) is 5.75 Å². The molecule has 2 N–H and O–H groups in total. The van der Waals surface area contributed by atoms with Gasteiger partial charge in [-0.2, -0.15) is 0 Å². The van der Waals surface area contributed by atoms with Gasteiger partial charge < -0.3 is 15.0 Å². The van der Waals surface area contributed by atoms with Gasteiger partial charge in [-0.15, -0.1) is 0 Å². The number of aromatic nitrogens is 1. The highest BCUT2D eigenvalue weighted by Crippen LogP contribution is 2.27. The number of rotatable bonds is 3. The van der Waals surface area contributed by atoms with Gasteiger partial charge in [-0.3, -0.25) is 0 Å². The molecule has 102 valence electrons. The van der Waals surface area contributed by atoms with E-state index >= 15 is 0 Å². The number of hydrogen-bond donors (Lipinski definition) is 1. The molecule has 0 unspecified atom stereocenters. The van der Waals surface area contributed by atoms with Crippen LogP contribution in [0.5, 0.6) is 5.75 Å². The van der Waals surface area contributed by atoms with Crippen molar-refractivity contribution >= 4 is 40.0 Å². The standard InChI is InChI=1S/C14H10Cl2N2O2/c15-11-4-2-9(6-12(11)16)19-7-8-1-3-10-13(5-8)20-18-14(10)17/h1-6H,7H2,(H2,17,18). The molecule has 4 nitrogen and oxygen atoms in total. The highest BCUT2D eigenvalue weighted by atomic mass is 35.5. The number of nitrogen functional groups attached to an aromatic ring is 1. The molecule has 0 radical (unpaired) electrons. The van der Waals surface area contributed by atoms with Crippen LogP contribution < -0.4 is 10.5 Å². The van der Waals surface area contributed by atoms with Crippen molar-refractivity contribution in [3.05, 3.63) is 52.0 Å². The Morgan fingerprint density at radius 3 is 2.75 bits per heavy atom. The monoisotopic (exact) mass is 308 g/mol. The minimum atomic E-state index is 0.383. The first-order valence-corrected chi connectivity index (χ1v) is 6.61. The summed E-state index contributed by atoms with van der Waals surface area (Å²) in [5.41, 5.74) is 7.24. The van der Waals surface area contributed by atoms with E-state index in [1.165, 1.54) is 0 Å². The summed E-state index contributed by atoms with van der Waals surface area (Å²) >= 11 is 11.8. The Labute approximate surface area is 125 Å². The van der Waals surface area contributed by atoms with Crippen molar-refractivity contribution in [1.82, 2.24) is 5.16 Å². The maximum absolute atomic E-state index is 5.93. The Bertz CT molecular complexity index is 771. The summed E-state index contributed by atoms with van der Waals surface area (Å²) in [5.74, 6) is 1.04. The molecule has 0 fully saturated rings. The lowest BCUT2D eigenvalue weighted by atomic mass is 10.2. The number of nitrogens with zero attached hydrogens (tertiary/aromatic N) is 1. The second-order valence-corrected chi connectivity index (χ2v) is 5.08. The van der Waals surface area contributed by atoms with Gasteiger partial charge in [-0.1, -0.05) is 34.4 Å². The average Bonchev–Trinajstić information content (AvgIpc) is 2.81. The second-order valence-electron chi connectivity index (χ2n) is 4.26. The first-order chi connectivity index (χ1) is 9.63. The Morgan fingerprint density at radius 1 is 1.10 bits per heavy atom. The molecule has 0 aliphatic heterocycles. The van der Waals surface area contributed by atoms with Crippen LogP contribution in [0.15, 0.2) is 40.9 Å². The largest absolute Gasteiger partial charge is 0.489 e. The SMILES string of the molecule is Nc1noc2cc(COc3ccc(Cl)c(Cl)c3)ccc12. The molecule has 0 atom stereocenters. The number of fused-ring (bicyclic) bond motifs is 1. The van der Waals surface area contributed by atoms with Gasteiger partial charge in [-0.25, -0.2) is 0 Å². The molecule has 0 bridgehead atoms. The maximum Gasteiger partial charge on any atom is 0.174 e. The summed E-state index contributed by atoms with van der Waals surface area (Å²) in [6, 6.07) is 10.7. The Kier molecular flexibility index (Phi) is 3.42. The van der Waals surface area contributed by atoms with Crippen LogP contribution >= 0.6 is 23.2 Å². The lowest BCUT2D eigenvalue weighted by Gasteiger charge is -2.07.